The summed E-state index contributed by atoms with van der Waals surface area (Å²) < 4.78 is 0. The van der Waals surface area contributed by atoms with E-state index in [4.69, 9.17) is 10.4 Å². The lowest BCUT2D eigenvalue weighted by Crippen LogP contribution is -2.41. The van der Waals surface area contributed by atoms with Gasteiger partial charge in [0.2, 0.25) is 0 Å². The Morgan fingerprint density at radius 3 is 2.53 bits per heavy atom. The quantitative estimate of drug-likeness (QED) is 0.702. The number of hydrogen-bond acceptors (Lipinski definition) is 4. The summed E-state index contributed by atoms with van der Waals surface area (Å²) in [7, 11) is 0. The van der Waals surface area contributed by atoms with E-state index < -0.39 is 5.97 Å². The van der Waals surface area contributed by atoms with E-state index in [1.807, 2.05) is 9.80 Å². The van der Waals surface area contributed by atoms with Crippen LogP contribution in [0.4, 0.5) is 10.5 Å². The standard InChI is InChI=1S/C25H34N4O3/c26-12-1-13-27-14-10-20-5-8-23(18-21(20)11-15-27)29-17-16-28(25(29)32)22-6-2-19(3-7-22)4-9-24(30)31/h5,8,18-19,22H,1-4,6-7,9-11,13-17H2,(H,30,31)/t19-,22-. The molecule has 2 fully saturated rings. The lowest BCUT2D eigenvalue weighted by molar-refractivity contribution is -0.137. The summed E-state index contributed by atoms with van der Waals surface area (Å²) in [6, 6.07) is 9.11. The van der Waals surface area contributed by atoms with E-state index in [9.17, 15) is 9.59 Å². The number of anilines is 1. The van der Waals surface area contributed by atoms with Crippen molar-refractivity contribution in [2.45, 2.75) is 63.8 Å². The lowest BCUT2D eigenvalue weighted by atomic mass is 9.83. The highest BCUT2D eigenvalue weighted by molar-refractivity contribution is 5.94. The van der Waals surface area contributed by atoms with Crippen LogP contribution in [-0.4, -0.2) is 65.7 Å². The third-order valence-corrected chi connectivity index (χ3v) is 7.50. The van der Waals surface area contributed by atoms with Crippen LogP contribution >= 0.6 is 0 Å². The monoisotopic (exact) mass is 438 g/mol. The Morgan fingerprint density at radius 2 is 1.81 bits per heavy atom. The van der Waals surface area contributed by atoms with E-state index in [0.29, 0.717) is 12.3 Å². The maximum absolute atomic E-state index is 13.2. The molecule has 0 radical (unpaired) electrons. The first-order chi connectivity index (χ1) is 15.5. The average molecular weight is 439 g/mol. The first-order valence-corrected chi connectivity index (χ1v) is 12.1. The van der Waals surface area contributed by atoms with Gasteiger partial charge in [0.15, 0.2) is 0 Å². The molecule has 1 saturated heterocycles. The number of nitriles is 1. The number of aliphatic carboxylic acids is 1. The minimum Gasteiger partial charge on any atom is -0.481 e. The molecule has 0 aromatic heterocycles. The second-order valence-electron chi connectivity index (χ2n) is 9.44. The van der Waals surface area contributed by atoms with Crippen LogP contribution in [0.1, 0.15) is 56.1 Å². The SMILES string of the molecule is N#CCCN1CCc2ccc(N3CCN([C@H]4CC[C@H](CCC(=O)O)CC4)C3=O)cc2CC1. The van der Waals surface area contributed by atoms with Gasteiger partial charge in [-0.3, -0.25) is 9.69 Å². The molecule has 7 heteroatoms. The maximum atomic E-state index is 13.2. The topological polar surface area (TPSA) is 87.9 Å². The molecule has 1 aromatic carbocycles. The number of carbonyl (C=O) groups excluding carboxylic acids is 1. The minimum absolute atomic E-state index is 0.114. The number of hydrogen-bond donors (Lipinski definition) is 1. The highest BCUT2D eigenvalue weighted by atomic mass is 16.4. The summed E-state index contributed by atoms with van der Waals surface area (Å²) in [6.45, 7) is 4.27. The van der Waals surface area contributed by atoms with Crippen molar-refractivity contribution >= 4 is 17.7 Å². The molecule has 0 unspecified atom stereocenters. The molecule has 2 aliphatic heterocycles. The summed E-state index contributed by atoms with van der Waals surface area (Å²) >= 11 is 0. The molecule has 0 atom stereocenters. The number of benzene rings is 1. The van der Waals surface area contributed by atoms with Gasteiger partial charge in [0.1, 0.15) is 0 Å². The van der Waals surface area contributed by atoms with Gasteiger partial charge >= 0.3 is 12.0 Å². The molecule has 32 heavy (non-hydrogen) atoms. The highest BCUT2D eigenvalue weighted by Gasteiger charge is 2.36. The summed E-state index contributed by atoms with van der Waals surface area (Å²) in [4.78, 5) is 30.4. The Kier molecular flexibility index (Phi) is 7.31. The molecule has 2 heterocycles. The highest BCUT2D eigenvalue weighted by Crippen LogP contribution is 2.33. The smallest absolute Gasteiger partial charge is 0.324 e. The van der Waals surface area contributed by atoms with Crippen LogP contribution in [0.2, 0.25) is 0 Å². The molecule has 1 saturated carbocycles. The normalized spacial score (nSPS) is 24.2. The zero-order chi connectivity index (χ0) is 22.5. The Morgan fingerprint density at radius 1 is 1.06 bits per heavy atom. The zero-order valence-corrected chi connectivity index (χ0v) is 18.8. The molecule has 1 aromatic rings. The number of rotatable bonds is 7. The molecule has 1 aliphatic carbocycles. The van der Waals surface area contributed by atoms with E-state index >= 15 is 0 Å². The van der Waals surface area contributed by atoms with Gasteiger partial charge in [-0.15, -0.1) is 0 Å². The summed E-state index contributed by atoms with van der Waals surface area (Å²) in [6.07, 6.45) is 7.52. The van der Waals surface area contributed by atoms with Crippen molar-refractivity contribution in [1.82, 2.24) is 9.80 Å². The summed E-state index contributed by atoms with van der Waals surface area (Å²) in [5.41, 5.74) is 3.68. The van der Waals surface area contributed by atoms with Gasteiger partial charge in [0.25, 0.3) is 0 Å². The Balaban J connectivity index is 1.34. The van der Waals surface area contributed by atoms with Crippen LogP contribution in [-0.2, 0) is 17.6 Å². The summed E-state index contributed by atoms with van der Waals surface area (Å²) in [5.74, 6) is -0.235. The van der Waals surface area contributed by atoms with E-state index in [-0.39, 0.29) is 18.5 Å². The van der Waals surface area contributed by atoms with E-state index in [1.54, 1.807) is 0 Å². The van der Waals surface area contributed by atoms with Crippen LogP contribution < -0.4 is 4.90 Å². The molecule has 172 valence electrons. The number of carbonyl (C=O) groups is 2. The first kappa shape index (κ1) is 22.6. The summed E-state index contributed by atoms with van der Waals surface area (Å²) in [5, 5.41) is 17.8. The Labute approximate surface area is 190 Å². The Bertz CT molecular complexity index is 872. The van der Waals surface area contributed by atoms with Gasteiger partial charge in [0.05, 0.1) is 6.07 Å². The van der Waals surface area contributed by atoms with Crippen LogP contribution in [0.15, 0.2) is 18.2 Å². The average Bonchev–Trinajstić information content (AvgIpc) is 3.06. The third kappa shape index (κ3) is 5.24. The fourth-order valence-corrected chi connectivity index (χ4v) is 5.56. The van der Waals surface area contributed by atoms with Crippen molar-refractivity contribution in [2.75, 3.05) is 37.6 Å². The van der Waals surface area contributed by atoms with Crippen molar-refractivity contribution in [3.63, 3.8) is 0 Å². The predicted octanol–water partition coefficient (Wildman–Crippen LogP) is 3.67. The maximum Gasteiger partial charge on any atom is 0.324 e. The van der Waals surface area contributed by atoms with Crippen molar-refractivity contribution in [3.8, 4) is 6.07 Å². The van der Waals surface area contributed by atoms with Crippen molar-refractivity contribution in [2.24, 2.45) is 5.92 Å². The van der Waals surface area contributed by atoms with Gasteiger partial charge in [-0.1, -0.05) is 6.07 Å². The second kappa shape index (κ2) is 10.4. The number of amides is 2. The zero-order valence-electron chi connectivity index (χ0n) is 18.8. The largest absolute Gasteiger partial charge is 0.481 e. The lowest BCUT2D eigenvalue weighted by Gasteiger charge is -2.34. The third-order valence-electron chi connectivity index (χ3n) is 7.50. The van der Waals surface area contributed by atoms with E-state index in [0.717, 1.165) is 83.4 Å². The van der Waals surface area contributed by atoms with Crippen LogP contribution in [0.5, 0.6) is 0 Å². The van der Waals surface area contributed by atoms with Gasteiger partial charge in [-0.25, -0.2) is 4.79 Å². The molecule has 0 spiro atoms. The van der Waals surface area contributed by atoms with Crippen LogP contribution in [0, 0.1) is 17.2 Å². The van der Waals surface area contributed by atoms with Gasteiger partial charge in [-0.05, 0) is 74.1 Å². The molecule has 3 aliphatic rings. The number of fused-ring (bicyclic) bond motifs is 1. The minimum atomic E-state index is -0.715. The van der Waals surface area contributed by atoms with Gasteiger partial charge in [0, 0.05) is 57.3 Å². The fraction of sp³-hybridized carbons (Fsp3) is 0.640. The predicted molar refractivity (Wildman–Crippen MR) is 123 cm³/mol. The molecule has 7 nitrogen and oxygen atoms in total. The second-order valence-corrected chi connectivity index (χ2v) is 9.44. The number of nitrogens with zero attached hydrogens (tertiary/aromatic N) is 4. The first-order valence-electron chi connectivity index (χ1n) is 12.1. The molecule has 2 amide bonds. The van der Waals surface area contributed by atoms with Gasteiger partial charge < -0.3 is 14.9 Å². The molecular formula is C25H34N4O3. The molecule has 1 N–H and O–H groups in total. The van der Waals surface area contributed by atoms with Gasteiger partial charge in [-0.2, -0.15) is 5.26 Å². The van der Waals surface area contributed by atoms with Crippen molar-refractivity contribution < 1.29 is 14.7 Å². The van der Waals surface area contributed by atoms with Crippen LogP contribution in [0.3, 0.4) is 0 Å². The number of carboxylic acid groups (broad SMARTS) is 1. The Hall–Kier alpha value is -2.59. The van der Waals surface area contributed by atoms with E-state index in [1.165, 1.54) is 11.1 Å². The van der Waals surface area contributed by atoms with E-state index in [2.05, 4.69) is 29.2 Å². The van der Waals surface area contributed by atoms with Crippen molar-refractivity contribution in [1.29, 1.82) is 5.26 Å². The number of carboxylic acids is 1. The van der Waals surface area contributed by atoms with Crippen LogP contribution in [0.25, 0.3) is 0 Å². The molecule has 0 bridgehead atoms. The molecule has 4 rings (SSSR count). The number of urea groups is 1. The fourth-order valence-electron chi connectivity index (χ4n) is 5.56. The molecular weight excluding hydrogens is 404 g/mol. The van der Waals surface area contributed by atoms with Crippen molar-refractivity contribution in [3.05, 3.63) is 29.3 Å².